The lowest BCUT2D eigenvalue weighted by atomic mass is 9.91. The van der Waals surface area contributed by atoms with E-state index in [1.807, 2.05) is 66.7 Å². The molecule has 7 heteroatoms. The van der Waals surface area contributed by atoms with Crippen molar-refractivity contribution < 1.29 is 19.5 Å². The van der Waals surface area contributed by atoms with Gasteiger partial charge in [-0.15, -0.1) is 0 Å². The van der Waals surface area contributed by atoms with Crippen LogP contribution in [-0.2, 0) is 16.0 Å². The van der Waals surface area contributed by atoms with Crippen molar-refractivity contribution in [3.63, 3.8) is 0 Å². The zero-order chi connectivity index (χ0) is 25.5. The molecular formula is C29H28N2O4S. The zero-order valence-corrected chi connectivity index (χ0v) is 20.6. The van der Waals surface area contributed by atoms with Crippen LogP contribution in [0.5, 0.6) is 0 Å². The molecule has 3 atom stereocenters. The van der Waals surface area contributed by atoms with Gasteiger partial charge in [0.2, 0.25) is 5.91 Å². The molecular weight excluding hydrogens is 472 g/mol. The lowest BCUT2D eigenvalue weighted by molar-refractivity contribution is -0.149. The number of likely N-dealkylation sites (tertiary alicyclic amines) is 1. The van der Waals surface area contributed by atoms with E-state index in [4.69, 9.17) is 12.2 Å². The normalized spacial score (nSPS) is 17.8. The predicted octanol–water partition coefficient (Wildman–Crippen LogP) is 4.46. The second-order valence-corrected chi connectivity index (χ2v) is 9.29. The highest BCUT2D eigenvalue weighted by atomic mass is 32.1. The van der Waals surface area contributed by atoms with Gasteiger partial charge in [0.05, 0.1) is 23.5 Å². The number of Topliss-reactive ketones (excluding diaryl/α,β-unsaturated/α-hetero) is 1. The Kier molecular flexibility index (Phi) is 8.23. The fourth-order valence-electron chi connectivity index (χ4n) is 4.74. The predicted molar refractivity (Wildman–Crippen MR) is 142 cm³/mol. The van der Waals surface area contributed by atoms with Crippen LogP contribution >= 0.6 is 12.2 Å². The number of hydrogen-bond acceptors (Lipinski definition) is 4. The van der Waals surface area contributed by atoms with Crippen LogP contribution in [0, 0.1) is 5.92 Å². The number of carboxylic acids is 1. The Morgan fingerprint density at radius 3 is 2.08 bits per heavy atom. The maximum atomic E-state index is 13.4. The first-order chi connectivity index (χ1) is 17.5. The number of carbonyl (C=O) groups is 3. The van der Waals surface area contributed by atoms with E-state index in [1.165, 1.54) is 4.90 Å². The van der Waals surface area contributed by atoms with Gasteiger partial charge in [-0.1, -0.05) is 103 Å². The smallest absolute Gasteiger partial charge is 0.326 e. The molecule has 6 nitrogen and oxygen atoms in total. The molecule has 1 aliphatic rings. The molecule has 36 heavy (non-hydrogen) atoms. The van der Waals surface area contributed by atoms with Gasteiger partial charge in [-0.3, -0.25) is 9.59 Å². The van der Waals surface area contributed by atoms with Gasteiger partial charge >= 0.3 is 5.97 Å². The van der Waals surface area contributed by atoms with Gasteiger partial charge in [0.1, 0.15) is 6.04 Å². The molecule has 2 unspecified atom stereocenters. The molecule has 4 rings (SSSR count). The van der Waals surface area contributed by atoms with Crippen LogP contribution in [0.4, 0.5) is 0 Å². The molecule has 0 radical (unpaired) electrons. The van der Waals surface area contributed by atoms with Crippen molar-refractivity contribution in [1.29, 1.82) is 0 Å². The molecule has 0 spiro atoms. The molecule has 1 fully saturated rings. The monoisotopic (exact) mass is 500 g/mol. The Bertz CT molecular complexity index is 1220. The van der Waals surface area contributed by atoms with E-state index < -0.39 is 17.9 Å². The fourth-order valence-corrected chi connectivity index (χ4v) is 5.00. The van der Waals surface area contributed by atoms with E-state index >= 15 is 0 Å². The Balaban J connectivity index is 1.51. The Hall–Kier alpha value is -3.84. The molecule has 1 amide bonds. The summed E-state index contributed by atoms with van der Waals surface area (Å²) in [4.78, 5) is 40.3. The van der Waals surface area contributed by atoms with Crippen LogP contribution in [-0.4, -0.2) is 45.2 Å². The maximum absolute atomic E-state index is 13.4. The van der Waals surface area contributed by atoms with Crippen LogP contribution in [0.15, 0.2) is 91.0 Å². The Labute approximate surface area is 216 Å². The van der Waals surface area contributed by atoms with Crippen LogP contribution in [0.25, 0.3) is 0 Å². The zero-order valence-electron chi connectivity index (χ0n) is 19.7. The first-order valence-electron chi connectivity index (χ1n) is 12.0. The highest BCUT2D eigenvalue weighted by molar-refractivity contribution is 7.80. The van der Waals surface area contributed by atoms with Crippen molar-refractivity contribution in [1.82, 2.24) is 10.2 Å². The standard InChI is InChI=1S/C29H28N2O4S/c32-26(31-24(16-17-25(31)29(34)35)21-12-6-2-7-13-21)19-30-28(36)23(18-20-10-4-1-5-11-20)27(33)22-14-8-3-9-15-22/h1-15,23-25H,16-19H2,(H,30,36)(H,34,35)/t23?,24?,25-/m0/s1. The lowest BCUT2D eigenvalue weighted by Gasteiger charge is -2.29. The minimum absolute atomic E-state index is 0.129. The van der Waals surface area contributed by atoms with Gasteiger partial charge in [-0.2, -0.15) is 0 Å². The molecule has 0 aliphatic carbocycles. The quantitative estimate of drug-likeness (QED) is 0.333. The van der Waals surface area contributed by atoms with Crippen molar-refractivity contribution in [3.05, 3.63) is 108 Å². The molecule has 184 valence electrons. The van der Waals surface area contributed by atoms with E-state index in [2.05, 4.69) is 5.32 Å². The van der Waals surface area contributed by atoms with E-state index in [1.54, 1.807) is 24.3 Å². The number of carbonyl (C=O) groups excluding carboxylic acids is 2. The number of thiocarbonyl (C=S) groups is 1. The van der Waals surface area contributed by atoms with Crippen LogP contribution in [0.3, 0.4) is 0 Å². The molecule has 1 saturated heterocycles. The highest BCUT2D eigenvalue weighted by Crippen LogP contribution is 2.36. The van der Waals surface area contributed by atoms with Crippen LogP contribution in [0.2, 0.25) is 0 Å². The summed E-state index contributed by atoms with van der Waals surface area (Å²) in [6.45, 7) is -0.181. The summed E-state index contributed by atoms with van der Waals surface area (Å²) < 4.78 is 0. The fraction of sp³-hybridized carbons (Fsp3) is 0.241. The number of carboxylic acid groups (broad SMARTS) is 1. The summed E-state index contributed by atoms with van der Waals surface area (Å²) in [6.07, 6.45) is 1.34. The molecule has 0 aromatic heterocycles. The molecule has 0 bridgehead atoms. The molecule has 3 aromatic carbocycles. The van der Waals surface area contributed by atoms with E-state index in [-0.39, 0.29) is 29.3 Å². The number of benzene rings is 3. The van der Waals surface area contributed by atoms with E-state index in [0.29, 0.717) is 24.8 Å². The Morgan fingerprint density at radius 2 is 1.47 bits per heavy atom. The summed E-state index contributed by atoms with van der Waals surface area (Å²) in [7, 11) is 0. The number of rotatable bonds is 9. The van der Waals surface area contributed by atoms with Crippen molar-refractivity contribution in [3.8, 4) is 0 Å². The minimum atomic E-state index is -1.02. The van der Waals surface area contributed by atoms with Gasteiger partial charge in [0.15, 0.2) is 5.78 Å². The number of amides is 1. The summed E-state index contributed by atoms with van der Waals surface area (Å²) in [5.41, 5.74) is 2.40. The first-order valence-corrected chi connectivity index (χ1v) is 12.4. The second-order valence-electron chi connectivity index (χ2n) is 8.85. The highest BCUT2D eigenvalue weighted by Gasteiger charge is 2.41. The lowest BCUT2D eigenvalue weighted by Crippen LogP contribution is -2.47. The third kappa shape index (κ3) is 5.86. The van der Waals surface area contributed by atoms with Crippen LogP contribution in [0.1, 0.15) is 40.4 Å². The number of hydrogen-bond donors (Lipinski definition) is 2. The molecule has 3 aromatic rings. The van der Waals surface area contributed by atoms with Gasteiger partial charge in [-0.05, 0) is 30.4 Å². The number of nitrogens with one attached hydrogen (secondary N) is 1. The largest absolute Gasteiger partial charge is 0.480 e. The second kappa shape index (κ2) is 11.7. The minimum Gasteiger partial charge on any atom is -0.480 e. The van der Waals surface area contributed by atoms with Crippen molar-refractivity contribution in [2.75, 3.05) is 6.54 Å². The van der Waals surface area contributed by atoms with Gasteiger partial charge < -0.3 is 15.3 Å². The Morgan fingerprint density at radius 1 is 0.889 bits per heavy atom. The molecule has 1 aliphatic heterocycles. The van der Waals surface area contributed by atoms with E-state index in [0.717, 1.165) is 11.1 Å². The van der Waals surface area contributed by atoms with Gasteiger partial charge in [0.25, 0.3) is 0 Å². The van der Waals surface area contributed by atoms with Gasteiger partial charge in [-0.25, -0.2) is 4.79 Å². The number of aliphatic carboxylic acids is 1. The number of ketones is 1. The average Bonchev–Trinajstić information content (AvgIpc) is 3.37. The summed E-state index contributed by atoms with van der Waals surface area (Å²) in [6, 6.07) is 26.8. The third-order valence-electron chi connectivity index (χ3n) is 6.53. The van der Waals surface area contributed by atoms with Gasteiger partial charge in [0, 0.05) is 5.56 Å². The summed E-state index contributed by atoms with van der Waals surface area (Å²) in [5, 5.41) is 12.7. The molecule has 1 heterocycles. The van der Waals surface area contributed by atoms with Crippen molar-refractivity contribution in [2.24, 2.45) is 5.92 Å². The van der Waals surface area contributed by atoms with Crippen LogP contribution < -0.4 is 5.32 Å². The topological polar surface area (TPSA) is 86.7 Å². The average molecular weight is 501 g/mol. The number of nitrogens with zero attached hydrogens (tertiary/aromatic N) is 1. The maximum Gasteiger partial charge on any atom is 0.326 e. The molecule has 2 N–H and O–H groups in total. The SMILES string of the molecule is O=C(c1ccccc1)C(Cc1ccccc1)C(=S)NCC(=O)N1C(c2ccccc2)CC[C@H]1C(=O)O. The van der Waals surface area contributed by atoms with Crippen molar-refractivity contribution in [2.45, 2.75) is 31.3 Å². The third-order valence-corrected chi connectivity index (χ3v) is 6.96. The summed E-state index contributed by atoms with van der Waals surface area (Å²) in [5.74, 6) is -2.17. The van der Waals surface area contributed by atoms with Crippen molar-refractivity contribution >= 4 is 34.9 Å². The first kappa shape index (κ1) is 25.3. The summed E-state index contributed by atoms with van der Waals surface area (Å²) >= 11 is 5.63. The molecule has 0 saturated carbocycles. The van der Waals surface area contributed by atoms with E-state index in [9.17, 15) is 19.5 Å².